The maximum Gasteiger partial charge on any atom is 0.325 e. The molecule has 0 spiro atoms. The quantitative estimate of drug-likeness (QED) is 0.522. The zero-order valence-electron chi connectivity index (χ0n) is 18.0. The van der Waals surface area contributed by atoms with Crippen molar-refractivity contribution in [3.63, 3.8) is 0 Å². The summed E-state index contributed by atoms with van der Waals surface area (Å²) in [6.07, 6.45) is 8.28. The highest BCUT2D eigenvalue weighted by Crippen LogP contribution is 2.37. The number of imide groups is 1. The second kappa shape index (κ2) is 9.28. The van der Waals surface area contributed by atoms with Crippen LogP contribution >= 0.6 is 0 Å². The molecule has 4 amide bonds. The number of amides is 4. The summed E-state index contributed by atoms with van der Waals surface area (Å²) in [5.41, 5.74) is -0.840. The minimum absolute atomic E-state index is 0.0310. The molecular formula is C22H35N3O4. The van der Waals surface area contributed by atoms with Crippen molar-refractivity contribution in [2.45, 2.75) is 70.9 Å². The molecule has 3 rings (SSSR count). The van der Waals surface area contributed by atoms with Crippen molar-refractivity contribution >= 4 is 17.8 Å². The fourth-order valence-electron chi connectivity index (χ4n) is 4.82. The summed E-state index contributed by atoms with van der Waals surface area (Å²) >= 11 is 0. The fourth-order valence-corrected chi connectivity index (χ4v) is 4.82. The molecule has 3 heterocycles. The van der Waals surface area contributed by atoms with E-state index in [0.29, 0.717) is 38.6 Å². The average Bonchev–Trinajstić information content (AvgIpc) is 3.30. The SMILES string of the molecule is CCCC1(C2CCN(C(=O)/C=C/C(C)C)CC2)NC(=O)N(CC2CCCO2)C1=O. The number of carbonyl (C=O) groups is 3. The summed E-state index contributed by atoms with van der Waals surface area (Å²) in [7, 11) is 0. The molecule has 7 nitrogen and oxygen atoms in total. The zero-order chi connectivity index (χ0) is 21.0. The van der Waals surface area contributed by atoms with Gasteiger partial charge in [-0.2, -0.15) is 0 Å². The highest BCUT2D eigenvalue weighted by Gasteiger charge is 2.55. The van der Waals surface area contributed by atoms with E-state index in [1.165, 1.54) is 4.90 Å². The van der Waals surface area contributed by atoms with Gasteiger partial charge in [0.1, 0.15) is 5.54 Å². The fraction of sp³-hybridized carbons (Fsp3) is 0.773. The maximum absolute atomic E-state index is 13.4. The molecule has 0 radical (unpaired) electrons. The standard InChI is InChI=1S/C22H35N3O4/c1-4-11-22(17-9-12-24(13-10-17)19(26)8-7-16(2)3)20(27)25(21(28)23-22)15-18-6-5-14-29-18/h7-8,16-18H,4-6,9-15H2,1-3H3,(H,23,28)/b8-7+. The summed E-state index contributed by atoms with van der Waals surface area (Å²) in [6.45, 7) is 8.40. The molecule has 0 aromatic heterocycles. The van der Waals surface area contributed by atoms with Crippen molar-refractivity contribution in [3.05, 3.63) is 12.2 Å². The van der Waals surface area contributed by atoms with Crippen LogP contribution in [0.4, 0.5) is 4.79 Å². The summed E-state index contributed by atoms with van der Waals surface area (Å²) < 4.78 is 5.64. The molecule has 29 heavy (non-hydrogen) atoms. The maximum atomic E-state index is 13.4. The van der Waals surface area contributed by atoms with Gasteiger partial charge >= 0.3 is 6.03 Å². The third-order valence-electron chi connectivity index (χ3n) is 6.38. The molecule has 3 aliphatic rings. The molecule has 2 unspecified atom stereocenters. The predicted octanol–water partition coefficient (Wildman–Crippen LogP) is 2.71. The van der Waals surface area contributed by atoms with E-state index in [-0.39, 0.29) is 29.9 Å². The molecule has 3 fully saturated rings. The Bertz CT molecular complexity index is 648. The first-order valence-corrected chi connectivity index (χ1v) is 11.1. The van der Waals surface area contributed by atoms with E-state index in [0.717, 1.165) is 32.1 Å². The van der Waals surface area contributed by atoms with Crippen molar-refractivity contribution < 1.29 is 19.1 Å². The molecule has 0 saturated carbocycles. The summed E-state index contributed by atoms with van der Waals surface area (Å²) in [6, 6.07) is -0.294. The van der Waals surface area contributed by atoms with Gasteiger partial charge in [0.2, 0.25) is 5.91 Å². The number of ether oxygens (including phenoxy) is 1. The van der Waals surface area contributed by atoms with Gasteiger partial charge in [0.15, 0.2) is 0 Å². The Morgan fingerprint density at radius 1 is 1.28 bits per heavy atom. The van der Waals surface area contributed by atoms with E-state index in [1.807, 2.05) is 31.7 Å². The van der Waals surface area contributed by atoms with E-state index >= 15 is 0 Å². The van der Waals surface area contributed by atoms with E-state index in [4.69, 9.17) is 4.74 Å². The number of allylic oxidation sites excluding steroid dienone is 1. The second-order valence-corrected chi connectivity index (χ2v) is 8.90. The van der Waals surface area contributed by atoms with Crippen LogP contribution in [0, 0.1) is 11.8 Å². The smallest absolute Gasteiger partial charge is 0.325 e. The topological polar surface area (TPSA) is 79.0 Å². The minimum atomic E-state index is -0.840. The van der Waals surface area contributed by atoms with Gasteiger partial charge in [0, 0.05) is 19.7 Å². The average molecular weight is 406 g/mol. The van der Waals surface area contributed by atoms with Crippen molar-refractivity contribution in [3.8, 4) is 0 Å². The Kier molecular flexibility index (Phi) is 6.98. The van der Waals surface area contributed by atoms with E-state index in [9.17, 15) is 14.4 Å². The van der Waals surface area contributed by atoms with E-state index in [1.54, 1.807) is 6.08 Å². The Labute approximate surface area is 173 Å². The lowest BCUT2D eigenvalue weighted by Gasteiger charge is -2.40. The number of rotatable bonds is 7. The van der Waals surface area contributed by atoms with Gasteiger partial charge < -0.3 is 15.0 Å². The number of nitrogens with zero attached hydrogens (tertiary/aromatic N) is 2. The van der Waals surface area contributed by atoms with Crippen LogP contribution in [0.3, 0.4) is 0 Å². The molecule has 7 heteroatoms. The first-order valence-electron chi connectivity index (χ1n) is 11.1. The monoisotopic (exact) mass is 405 g/mol. The normalized spacial score (nSPS) is 28.8. The molecule has 2 atom stereocenters. The van der Waals surface area contributed by atoms with Gasteiger partial charge in [-0.05, 0) is 50.0 Å². The number of carbonyl (C=O) groups excluding carboxylic acids is 3. The first-order chi connectivity index (χ1) is 13.9. The van der Waals surface area contributed by atoms with Gasteiger partial charge in [0.25, 0.3) is 5.91 Å². The highest BCUT2D eigenvalue weighted by atomic mass is 16.5. The van der Waals surface area contributed by atoms with E-state index < -0.39 is 5.54 Å². The van der Waals surface area contributed by atoms with Gasteiger partial charge in [0.05, 0.1) is 12.6 Å². The first kappa shape index (κ1) is 21.8. The zero-order valence-corrected chi connectivity index (χ0v) is 18.0. The molecule has 162 valence electrons. The van der Waals surface area contributed by atoms with Crippen LogP contribution in [0.2, 0.25) is 0 Å². The minimum Gasteiger partial charge on any atom is -0.376 e. The number of urea groups is 1. The van der Waals surface area contributed by atoms with E-state index in [2.05, 4.69) is 5.32 Å². The lowest BCUT2D eigenvalue weighted by atomic mass is 9.74. The van der Waals surface area contributed by atoms with Crippen molar-refractivity contribution in [2.24, 2.45) is 11.8 Å². The van der Waals surface area contributed by atoms with Crippen LogP contribution in [0.25, 0.3) is 0 Å². The third kappa shape index (κ3) is 4.65. The number of hydrogen-bond acceptors (Lipinski definition) is 4. The number of piperidine rings is 1. The highest BCUT2D eigenvalue weighted by molar-refractivity contribution is 6.07. The third-order valence-corrected chi connectivity index (χ3v) is 6.38. The Balaban J connectivity index is 1.67. The van der Waals surface area contributed by atoms with Crippen LogP contribution in [0.15, 0.2) is 12.2 Å². The molecule has 0 bridgehead atoms. The Hall–Kier alpha value is -1.89. The molecule has 0 aliphatic carbocycles. The molecule has 0 aromatic carbocycles. The summed E-state index contributed by atoms with van der Waals surface area (Å²) in [5, 5.41) is 3.06. The van der Waals surface area contributed by atoms with Crippen molar-refractivity contribution in [1.29, 1.82) is 0 Å². The lowest BCUT2D eigenvalue weighted by Crippen LogP contribution is -2.56. The van der Waals surface area contributed by atoms with Crippen LogP contribution in [-0.2, 0) is 14.3 Å². The van der Waals surface area contributed by atoms with Gasteiger partial charge in [-0.15, -0.1) is 0 Å². The molecular weight excluding hydrogens is 370 g/mol. The van der Waals surface area contributed by atoms with Crippen LogP contribution in [0.5, 0.6) is 0 Å². The molecule has 3 saturated heterocycles. The summed E-state index contributed by atoms with van der Waals surface area (Å²) in [5.74, 6) is 0.310. The van der Waals surface area contributed by atoms with Gasteiger partial charge in [-0.25, -0.2) is 4.79 Å². The van der Waals surface area contributed by atoms with Crippen molar-refractivity contribution in [1.82, 2.24) is 15.1 Å². The number of nitrogens with one attached hydrogen (secondary N) is 1. The summed E-state index contributed by atoms with van der Waals surface area (Å²) in [4.78, 5) is 41.7. The van der Waals surface area contributed by atoms with Crippen LogP contribution in [-0.4, -0.2) is 65.5 Å². The Morgan fingerprint density at radius 2 is 2.00 bits per heavy atom. The van der Waals surface area contributed by atoms with Crippen LogP contribution in [0.1, 0.15) is 59.3 Å². The van der Waals surface area contributed by atoms with Crippen molar-refractivity contribution in [2.75, 3.05) is 26.2 Å². The number of likely N-dealkylation sites (tertiary alicyclic amines) is 1. The largest absolute Gasteiger partial charge is 0.376 e. The lowest BCUT2D eigenvalue weighted by molar-refractivity contribution is -0.136. The second-order valence-electron chi connectivity index (χ2n) is 8.90. The van der Waals surface area contributed by atoms with Gasteiger partial charge in [-0.1, -0.05) is 33.3 Å². The predicted molar refractivity (Wildman–Crippen MR) is 110 cm³/mol. The Morgan fingerprint density at radius 3 is 2.59 bits per heavy atom. The van der Waals surface area contributed by atoms with Gasteiger partial charge in [-0.3, -0.25) is 14.5 Å². The molecule has 0 aromatic rings. The van der Waals surface area contributed by atoms with Crippen LogP contribution < -0.4 is 5.32 Å². The molecule has 1 N–H and O–H groups in total. The number of hydrogen-bond donors (Lipinski definition) is 1. The molecule has 3 aliphatic heterocycles.